The Morgan fingerprint density at radius 1 is 1.50 bits per heavy atom. The van der Waals surface area contributed by atoms with Crippen LogP contribution in [-0.2, 0) is 5.41 Å². The molecule has 14 heavy (non-hydrogen) atoms. The highest BCUT2D eigenvalue weighted by atomic mass is 79.9. The SMILES string of the molecule is Cc1c(O)cc(C2(CN)CC2)cc1Br. The molecule has 0 amide bonds. The Kier molecular flexibility index (Phi) is 2.32. The van der Waals surface area contributed by atoms with Gasteiger partial charge in [-0.05, 0) is 37.5 Å². The van der Waals surface area contributed by atoms with Crippen molar-refractivity contribution in [2.45, 2.75) is 25.2 Å². The second kappa shape index (κ2) is 3.24. The van der Waals surface area contributed by atoms with Crippen LogP contribution in [-0.4, -0.2) is 11.7 Å². The maximum Gasteiger partial charge on any atom is 0.119 e. The smallest absolute Gasteiger partial charge is 0.119 e. The number of hydrogen-bond acceptors (Lipinski definition) is 2. The maximum absolute atomic E-state index is 9.70. The minimum Gasteiger partial charge on any atom is -0.508 e. The lowest BCUT2D eigenvalue weighted by molar-refractivity contribution is 0.468. The van der Waals surface area contributed by atoms with Gasteiger partial charge in [0.1, 0.15) is 5.75 Å². The molecule has 1 fully saturated rings. The Labute approximate surface area is 92.3 Å². The van der Waals surface area contributed by atoms with E-state index < -0.39 is 0 Å². The first-order valence-corrected chi connectivity index (χ1v) is 5.58. The molecule has 76 valence electrons. The summed E-state index contributed by atoms with van der Waals surface area (Å²) in [5, 5.41) is 9.70. The second-order valence-corrected chi connectivity index (χ2v) is 4.94. The van der Waals surface area contributed by atoms with Gasteiger partial charge in [0, 0.05) is 22.0 Å². The summed E-state index contributed by atoms with van der Waals surface area (Å²) < 4.78 is 0.965. The molecule has 2 rings (SSSR count). The highest BCUT2D eigenvalue weighted by Crippen LogP contribution is 2.49. The number of nitrogens with two attached hydrogens (primary N) is 1. The van der Waals surface area contributed by atoms with E-state index in [0.717, 1.165) is 28.4 Å². The number of aromatic hydroxyl groups is 1. The van der Waals surface area contributed by atoms with E-state index in [1.807, 2.05) is 13.0 Å². The molecule has 1 aromatic rings. The topological polar surface area (TPSA) is 46.2 Å². The fraction of sp³-hybridized carbons (Fsp3) is 0.455. The molecular formula is C11H14BrNO. The van der Waals surface area contributed by atoms with Crippen LogP contribution in [0.4, 0.5) is 0 Å². The van der Waals surface area contributed by atoms with Crippen LogP contribution >= 0.6 is 15.9 Å². The number of halogens is 1. The normalized spacial score (nSPS) is 18.2. The van der Waals surface area contributed by atoms with Crippen LogP contribution < -0.4 is 5.73 Å². The summed E-state index contributed by atoms with van der Waals surface area (Å²) in [5.74, 6) is 0.356. The van der Waals surface area contributed by atoms with Crippen LogP contribution in [0.2, 0.25) is 0 Å². The molecule has 0 heterocycles. The molecule has 0 atom stereocenters. The first-order valence-electron chi connectivity index (χ1n) is 4.79. The number of phenols is 1. The fourth-order valence-electron chi connectivity index (χ4n) is 1.73. The Morgan fingerprint density at radius 2 is 2.14 bits per heavy atom. The number of rotatable bonds is 2. The molecule has 0 radical (unpaired) electrons. The van der Waals surface area contributed by atoms with Crippen molar-refractivity contribution in [1.82, 2.24) is 0 Å². The van der Waals surface area contributed by atoms with Crippen molar-refractivity contribution in [2.75, 3.05) is 6.54 Å². The van der Waals surface area contributed by atoms with Crippen LogP contribution in [0.5, 0.6) is 5.75 Å². The Morgan fingerprint density at radius 3 is 2.57 bits per heavy atom. The third-order valence-corrected chi connectivity index (χ3v) is 4.00. The molecule has 0 bridgehead atoms. The Balaban J connectivity index is 2.46. The van der Waals surface area contributed by atoms with Crippen molar-refractivity contribution in [2.24, 2.45) is 5.73 Å². The zero-order valence-electron chi connectivity index (χ0n) is 8.18. The molecule has 1 aliphatic carbocycles. The molecule has 0 spiro atoms. The summed E-state index contributed by atoms with van der Waals surface area (Å²) in [6, 6.07) is 3.93. The fourth-order valence-corrected chi connectivity index (χ4v) is 2.18. The van der Waals surface area contributed by atoms with Gasteiger partial charge in [-0.2, -0.15) is 0 Å². The summed E-state index contributed by atoms with van der Waals surface area (Å²) in [7, 11) is 0. The molecule has 3 heteroatoms. The van der Waals surface area contributed by atoms with E-state index in [1.165, 1.54) is 0 Å². The van der Waals surface area contributed by atoms with Gasteiger partial charge in [0.05, 0.1) is 0 Å². The van der Waals surface area contributed by atoms with Gasteiger partial charge in [-0.3, -0.25) is 0 Å². The number of benzene rings is 1. The van der Waals surface area contributed by atoms with Crippen LogP contribution in [0.3, 0.4) is 0 Å². The van der Waals surface area contributed by atoms with E-state index in [2.05, 4.69) is 22.0 Å². The van der Waals surface area contributed by atoms with E-state index in [-0.39, 0.29) is 5.41 Å². The predicted octanol–water partition coefficient (Wildman–Crippen LogP) is 2.45. The van der Waals surface area contributed by atoms with Gasteiger partial charge in [-0.15, -0.1) is 0 Å². The third kappa shape index (κ3) is 1.44. The molecule has 1 aromatic carbocycles. The lowest BCUT2D eigenvalue weighted by Crippen LogP contribution is -2.19. The van der Waals surface area contributed by atoms with Gasteiger partial charge >= 0.3 is 0 Å². The van der Waals surface area contributed by atoms with Gasteiger partial charge in [-0.1, -0.05) is 15.9 Å². The molecule has 0 aliphatic heterocycles. The highest BCUT2D eigenvalue weighted by Gasteiger charge is 2.43. The van der Waals surface area contributed by atoms with Gasteiger partial charge in [0.15, 0.2) is 0 Å². The maximum atomic E-state index is 9.70. The molecular weight excluding hydrogens is 242 g/mol. The highest BCUT2D eigenvalue weighted by molar-refractivity contribution is 9.10. The van der Waals surface area contributed by atoms with Crippen molar-refractivity contribution >= 4 is 15.9 Å². The van der Waals surface area contributed by atoms with E-state index in [0.29, 0.717) is 12.3 Å². The minimum absolute atomic E-state index is 0.147. The van der Waals surface area contributed by atoms with Gasteiger partial charge in [0.25, 0.3) is 0 Å². The quantitative estimate of drug-likeness (QED) is 0.853. The van der Waals surface area contributed by atoms with Crippen molar-refractivity contribution < 1.29 is 5.11 Å². The lowest BCUT2D eigenvalue weighted by Gasteiger charge is -2.15. The molecule has 0 saturated heterocycles. The minimum atomic E-state index is 0.147. The van der Waals surface area contributed by atoms with Crippen molar-refractivity contribution in [1.29, 1.82) is 0 Å². The molecule has 1 saturated carbocycles. The second-order valence-electron chi connectivity index (χ2n) is 4.09. The van der Waals surface area contributed by atoms with E-state index >= 15 is 0 Å². The molecule has 3 N–H and O–H groups in total. The third-order valence-electron chi connectivity index (χ3n) is 3.17. The van der Waals surface area contributed by atoms with Crippen molar-refractivity contribution in [3.8, 4) is 5.75 Å². The first kappa shape index (κ1) is 9.99. The van der Waals surface area contributed by atoms with Crippen LogP contribution in [0.1, 0.15) is 24.0 Å². The van der Waals surface area contributed by atoms with Crippen molar-refractivity contribution in [3.63, 3.8) is 0 Å². The monoisotopic (exact) mass is 255 g/mol. The number of phenolic OH excluding ortho intramolecular Hbond substituents is 1. The van der Waals surface area contributed by atoms with Gasteiger partial charge in [-0.25, -0.2) is 0 Å². The molecule has 0 unspecified atom stereocenters. The zero-order chi connectivity index (χ0) is 10.3. The molecule has 1 aliphatic rings. The summed E-state index contributed by atoms with van der Waals surface area (Å²) in [6.07, 6.45) is 2.27. The average molecular weight is 256 g/mol. The van der Waals surface area contributed by atoms with Crippen LogP contribution in [0, 0.1) is 6.92 Å². The summed E-state index contributed by atoms with van der Waals surface area (Å²) in [4.78, 5) is 0. The van der Waals surface area contributed by atoms with Gasteiger partial charge in [0.2, 0.25) is 0 Å². The van der Waals surface area contributed by atoms with E-state index in [1.54, 1.807) is 0 Å². The Hall–Kier alpha value is -0.540. The zero-order valence-corrected chi connectivity index (χ0v) is 9.76. The van der Waals surface area contributed by atoms with Crippen LogP contribution in [0.25, 0.3) is 0 Å². The van der Waals surface area contributed by atoms with Crippen molar-refractivity contribution in [3.05, 3.63) is 27.7 Å². The predicted molar refractivity (Wildman–Crippen MR) is 60.5 cm³/mol. The lowest BCUT2D eigenvalue weighted by atomic mass is 9.95. The summed E-state index contributed by atoms with van der Waals surface area (Å²) in [6.45, 7) is 2.56. The van der Waals surface area contributed by atoms with E-state index in [9.17, 15) is 5.11 Å². The average Bonchev–Trinajstić information content (AvgIpc) is 2.94. The number of hydrogen-bond donors (Lipinski definition) is 2. The van der Waals surface area contributed by atoms with Crippen LogP contribution in [0.15, 0.2) is 16.6 Å². The van der Waals surface area contributed by atoms with E-state index in [4.69, 9.17) is 5.73 Å². The first-order chi connectivity index (χ1) is 6.59. The summed E-state index contributed by atoms with van der Waals surface area (Å²) in [5.41, 5.74) is 7.94. The largest absolute Gasteiger partial charge is 0.508 e. The summed E-state index contributed by atoms with van der Waals surface area (Å²) >= 11 is 3.45. The molecule has 0 aromatic heterocycles. The molecule has 2 nitrogen and oxygen atoms in total. The standard InChI is InChI=1S/C11H14BrNO/c1-7-9(12)4-8(5-10(7)14)11(6-13)2-3-11/h4-5,14H,2-3,6,13H2,1H3. The Bertz CT molecular complexity index is 349. The van der Waals surface area contributed by atoms with Gasteiger partial charge < -0.3 is 10.8 Å².